The Kier molecular flexibility index (Phi) is 4.44. The van der Waals surface area contributed by atoms with Gasteiger partial charge in [-0.05, 0) is 22.6 Å². The Bertz CT molecular complexity index is 954. The maximum Gasteiger partial charge on any atom is 0.343 e. The minimum absolute atomic E-state index is 0.0636. The van der Waals surface area contributed by atoms with Gasteiger partial charge in [-0.25, -0.2) is 4.39 Å². The number of amides is 1. The van der Waals surface area contributed by atoms with Gasteiger partial charge in [0.2, 0.25) is 0 Å². The van der Waals surface area contributed by atoms with E-state index < -0.39 is 16.6 Å². The second-order valence-electron chi connectivity index (χ2n) is 5.00. The lowest BCUT2D eigenvalue weighted by Gasteiger charge is -2.02. The van der Waals surface area contributed by atoms with Gasteiger partial charge < -0.3 is 15.4 Å². The fraction of sp³-hybridized carbons (Fsp3) is 0.0714. The Morgan fingerprint density at radius 2 is 2.24 bits per heavy atom. The lowest BCUT2D eigenvalue weighted by Crippen LogP contribution is -2.13. The molecule has 3 aromatic rings. The van der Waals surface area contributed by atoms with E-state index in [0.29, 0.717) is 5.56 Å². The van der Waals surface area contributed by atoms with Crippen LogP contribution in [0.1, 0.15) is 16.1 Å². The van der Waals surface area contributed by atoms with E-state index >= 15 is 0 Å². The molecule has 0 fully saturated rings. The van der Waals surface area contributed by atoms with Crippen molar-refractivity contribution >= 4 is 29.1 Å². The van der Waals surface area contributed by atoms with Crippen molar-refractivity contribution in [1.29, 1.82) is 0 Å². The second-order valence-corrected chi connectivity index (χ2v) is 5.41. The molecule has 0 saturated carbocycles. The number of carbonyl (C=O) groups is 1. The van der Waals surface area contributed by atoms with Gasteiger partial charge >= 0.3 is 5.82 Å². The van der Waals surface area contributed by atoms with Crippen molar-refractivity contribution in [3.8, 4) is 0 Å². The molecule has 9 nitrogen and oxygen atoms in total. The number of rotatable bonds is 5. The summed E-state index contributed by atoms with van der Waals surface area (Å²) in [6.07, 6.45) is 1.47. The molecule has 128 valence electrons. The lowest BCUT2D eigenvalue weighted by molar-refractivity contribution is -0.389. The average molecular weight is 365 g/mol. The van der Waals surface area contributed by atoms with E-state index in [-0.39, 0.29) is 28.9 Å². The zero-order valence-corrected chi connectivity index (χ0v) is 13.2. The molecule has 1 amide bonds. The van der Waals surface area contributed by atoms with Crippen LogP contribution in [0.15, 0.2) is 36.5 Å². The zero-order valence-electron chi connectivity index (χ0n) is 12.4. The third-order valence-corrected chi connectivity index (χ3v) is 3.45. The van der Waals surface area contributed by atoms with E-state index in [0.717, 1.165) is 6.07 Å². The summed E-state index contributed by atoms with van der Waals surface area (Å²) in [5, 5.41) is 22.9. The average Bonchev–Trinajstić information content (AvgIpc) is 3.15. The van der Waals surface area contributed by atoms with Crippen LogP contribution in [0, 0.1) is 15.9 Å². The standard InChI is InChI=1S/C14H10ClFN6O3/c15-10-7-21(6-8-2-1-3-9(16)4-8)20-13(10)17-14(23)11-5-12(19-18-11)22(24)25/h1-5,7H,6H2,(H,18,19)(H,17,20,23). The molecule has 2 aromatic heterocycles. The summed E-state index contributed by atoms with van der Waals surface area (Å²) in [7, 11) is 0. The van der Waals surface area contributed by atoms with Gasteiger partial charge in [0.25, 0.3) is 5.91 Å². The van der Waals surface area contributed by atoms with Crippen LogP contribution in [-0.2, 0) is 6.54 Å². The van der Waals surface area contributed by atoms with Gasteiger partial charge in [0.15, 0.2) is 11.5 Å². The minimum atomic E-state index is -0.706. The van der Waals surface area contributed by atoms with Crippen molar-refractivity contribution in [2.24, 2.45) is 0 Å². The van der Waals surface area contributed by atoms with Crippen molar-refractivity contribution < 1.29 is 14.1 Å². The number of aromatic nitrogens is 4. The van der Waals surface area contributed by atoms with Gasteiger partial charge in [0.1, 0.15) is 10.8 Å². The molecule has 0 aliphatic heterocycles. The molecule has 2 N–H and O–H groups in total. The maximum absolute atomic E-state index is 13.2. The number of nitrogens with zero attached hydrogens (tertiary/aromatic N) is 4. The van der Waals surface area contributed by atoms with Crippen LogP contribution in [0.4, 0.5) is 16.0 Å². The molecule has 11 heteroatoms. The highest BCUT2D eigenvalue weighted by molar-refractivity contribution is 6.33. The van der Waals surface area contributed by atoms with Crippen LogP contribution in [0.5, 0.6) is 0 Å². The summed E-state index contributed by atoms with van der Waals surface area (Å²) in [5.74, 6) is -1.42. The summed E-state index contributed by atoms with van der Waals surface area (Å²) in [5.41, 5.74) is 0.488. The first-order valence-electron chi connectivity index (χ1n) is 6.91. The fourth-order valence-corrected chi connectivity index (χ4v) is 2.28. The monoisotopic (exact) mass is 364 g/mol. The number of hydrogen-bond acceptors (Lipinski definition) is 5. The smallest absolute Gasteiger partial charge is 0.343 e. The van der Waals surface area contributed by atoms with Crippen molar-refractivity contribution in [2.75, 3.05) is 5.32 Å². The fourth-order valence-electron chi connectivity index (χ4n) is 2.08. The molecule has 2 heterocycles. The molecule has 0 saturated heterocycles. The molecule has 0 aliphatic carbocycles. The molecule has 0 spiro atoms. The highest BCUT2D eigenvalue weighted by atomic mass is 35.5. The van der Waals surface area contributed by atoms with Crippen molar-refractivity contribution in [1.82, 2.24) is 20.0 Å². The van der Waals surface area contributed by atoms with Crippen molar-refractivity contribution in [2.45, 2.75) is 6.54 Å². The van der Waals surface area contributed by atoms with Crippen LogP contribution in [-0.4, -0.2) is 30.8 Å². The third-order valence-electron chi connectivity index (χ3n) is 3.18. The van der Waals surface area contributed by atoms with E-state index in [1.807, 2.05) is 0 Å². The Hall–Kier alpha value is -3.27. The first-order valence-corrected chi connectivity index (χ1v) is 7.29. The summed E-state index contributed by atoms with van der Waals surface area (Å²) in [6, 6.07) is 6.97. The minimum Gasteiger partial charge on any atom is -0.358 e. The molecule has 3 rings (SSSR count). The summed E-state index contributed by atoms with van der Waals surface area (Å²) in [6.45, 7) is 0.251. The molecule has 1 aromatic carbocycles. The number of benzene rings is 1. The van der Waals surface area contributed by atoms with Crippen molar-refractivity contribution in [3.63, 3.8) is 0 Å². The van der Waals surface area contributed by atoms with Crippen molar-refractivity contribution in [3.05, 3.63) is 68.7 Å². The highest BCUT2D eigenvalue weighted by Crippen LogP contribution is 2.21. The van der Waals surface area contributed by atoms with Gasteiger partial charge in [-0.2, -0.15) is 5.10 Å². The molecule has 0 atom stereocenters. The molecular weight excluding hydrogens is 355 g/mol. The number of nitro groups is 1. The summed E-state index contributed by atoms with van der Waals surface area (Å²) < 4.78 is 14.6. The predicted octanol–water partition coefficient (Wildman–Crippen LogP) is 2.61. The first-order chi connectivity index (χ1) is 11.9. The summed E-state index contributed by atoms with van der Waals surface area (Å²) >= 11 is 6.02. The molecule has 25 heavy (non-hydrogen) atoms. The van der Waals surface area contributed by atoms with Gasteiger partial charge in [-0.15, -0.1) is 5.10 Å². The largest absolute Gasteiger partial charge is 0.358 e. The number of aromatic amines is 1. The quantitative estimate of drug-likeness (QED) is 0.532. The second kappa shape index (κ2) is 6.69. The molecule has 0 bridgehead atoms. The van der Waals surface area contributed by atoms with E-state index in [1.54, 1.807) is 12.1 Å². The zero-order chi connectivity index (χ0) is 18.0. The topological polar surface area (TPSA) is 119 Å². The van der Waals surface area contributed by atoms with E-state index in [9.17, 15) is 19.3 Å². The molecule has 0 radical (unpaired) electrons. The van der Waals surface area contributed by atoms with Gasteiger partial charge in [0, 0.05) is 6.20 Å². The predicted molar refractivity (Wildman–Crippen MR) is 85.9 cm³/mol. The Morgan fingerprint density at radius 3 is 2.92 bits per heavy atom. The van der Waals surface area contributed by atoms with E-state index in [2.05, 4.69) is 20.6 Å². The number of carbonyl (C=O) groups excluding carboxylic acids is 1. The lowest BCUT2D eigenvalue weighted by atomic mass is 10.2. The SMILES string of the molecule is O=C(Nc1nn(Cc2cccc(F)c2)cc1Cl)c1cc([N+](=O)[O-])[nH]n1. The number of halogens is 2. The number of hydrogen-bond donors (Lipinski definition) is 2. The normalized spacial score (nSPS) is 10.6. The Labute approximate surface area is 144 Å². The number of nitrogens with one attached hydrogen (secondary N) is 2. The van der Waals surface area contributed by atoms with E-state index in [1.165, 1.54) is 23.0 Å². The van der Waals surface area contributed by atoms with Crippen LogP contribution in [0.25, 0.3) is 0 Å². The Balaban J connectivity index is 1.73. The number of H-pyrrole nitrogens is 1. The molecule has 0 aliphatic rings. The first kappa shape index (κ1) is 16.6. The third kappa shape index (κ3) is 3.80. The summed E-state index contributed by atoms with van der Waals surface area (Å²) in [4.78, 5) is 21.9. The molecular formula is C14H10ClFN6O3. The Morgan fingerprint density at radius 1 is 1.44 bits per heavy atom. The van der Waals surface area contributed by atoms with Gasteiger partial charge in [-0.3, -0.25) is 9.48 Å². The van der Waals surface area contributed by atoms with E-state index in [4.69, 9.17) is 11.6 Å². The van der Waals surface area contributed by atoms with Crippen LogP contribution in [0.3, 0.4) is 0 Å². The van der Waals surface area contributed by atoms with Crippen LogP contribution >= 0.6 is 11.6 Å². The number of anilines is 1. The maximum atomic E-state index is 13.2. The highest BCUT2D eigenvalue weighted by Gasteiger charge is 2.19. The molecule has 0 unspecified atom stereocenters. The van der Waals surface area contributed by atoms with Gasteiger partial charge in [0.05, 0.1) is 12.6 Å². The van der Waals surface area contributed by atoms with Crippen LogP contribution < -0.4 is 5.32 Å². The van der Waals surface area contributed by atoms with Crippen LogP contribution in [0.2, 0.25) is 5.02 Å². The van der Waals surface area contributed by atoms with Gasteiger partial charge in [-0.1, -0.05) is 28.8 Å².